The molecule has 1 aliphatic heterocycles. The second-order valence-electron chi connectivity index (χ2n) is 9.18. The molecule has 2 heterocycles. The monoisotopic (exact) mass is 557 g/mol. The Bertz CT molecular complexity index is 1630. The minimum absolute atomic E-state index is 0.244. The molecule has 0 unspecified atom stereocenters. The van der Waals surface area contributed by atoms with Gasteiger partial charge in [-0.1, -0.05) is 6.07 Å². The van der Waals surface area contributed by atoms with E-state index < -0.39 is 17.8 Å². The lowest BCUT2D eigenvalue weighted by atomic mass is 9.94. The van der Waals surface area contributed by atoms with Crippen LogP contribution >= 0.6 is 0 Å². The van der Waals surface area contributed by atoms with Crippen molar-refractivity contribution in [3.8, 4) is 17.2 Å². The lowest BCUT2D eigenvalue weighted by Crippen LogP contribution is -2.32. The molecule has 5 rings (SSSR count). The zero-order valence-corrected chi connectivity index (χ0v) is 22.8. The Morgan fingerprint density at radius 3 is 2.12 bits per heavy atom. The van der Waals surface area contributed by atoms with E-state index in [-0.39, 0.29) is 11.5 Å². The van der Waals surface area contributed by atoms with E-state index in [9.17, 15) is 14.0 Å². The number of carbonyl (C=O) groups excluding carboxylic acids is 2. The molecule has 210 valence electrons. The van der Waals surface area contributed by atoms with Gasteiger partial charge in [-0.25, -0.2) is 9.07 Å². The first-order chi connectivity index (χ1) is 19.8. The Labute approximate surface area is 235 Å². The molecule has 0 fully saturated rings. The summed E-state index contributed by atoms with van der Waals surface area (Å²) < 4.78 is 31.1. The number of aromatic nitrogens is 2. The SMILES string of the molecule is COc1ccc(NC(=O)C2=C(C)Nc3c(C(=O)Nc4ccc(F)cc4)cnn3[C@H]2c2ccc(OC)c(OC)c2)cc1. The number of halogens is 1. The van der Waals surface area contributed by atoms with Gasteiger partial charge in [-0.15, -0.1) is 0 Å². The van der Waals surface area contributed by atoms with Crippen molar-refractivity contribution < 1.29 is 28.2 Å². The highest BCUT2D eigenvalue weighted by atomic mass is 19.1. The van der Waals surface area contributed by atoms with Crippen molar-refractivity contribution in [1.29, 1.82) is 0 Å². The molecular weight excluding hydrogens is 529 g/mol. The fraction of sp³-hybridized carbons (Fsp3) is 0.167. The summed E-state index contributed by atoms with van der Waals surface area (Å²) in [6.07, 6.45) is 1.42. The van der Waals surface area contributed by atoms with Crippen LogP contribution in [0, 0.1) is 5.82 Å². The molecule has 0 aliphatic carbocycles. The van der Waals surface area contributed by atoms with Crippen molar-refractivity contribution in [3.63, 3.8) is 0 Å². The predicted octanol–water partition coefficient (Wildman–Crippen LogP) is 5.23. The topological polar surface area (TPSA) is 116 Å². The minimum atomic E-state index is -0.725. The van der Waals surface area contributed by atoms with Gasteiger partial charge in [0.1, 0.15) is 29.0 Å². The molecule has 41 heavy (non-hydrogen) atoms. The van der Waals surface area contributed by atoms with Crippen molar-refractivity contribution in [3.05, 3.63) is 101 Å². The quantitative estimate of drug-likeness (QED) is 0.272. The Hall–Kier alpha value is -5.32. The third kappa shape index (κ3) is 5.42. The van der Waals surface area contributed by atoms with Gasteiger partial charge < -0.3 is 30.2 Å². The van der Waals surface area contributed by atoms with Gasteiger partial charge in [0.25, 0.3) is 11.8 Å². The highest BCUT2D eigenvalue weighted by Gasteiger charge is 2.36. The number of hydrogen-bond donors (Lipinski definition) is 3. The number of amides is 2. The van der Waals surface area contributed by atoms with Crippen LogP contribution in [0.1, 0.15) is 28.9 Å². The average molecular weight is 558 g/mol. The minimum Gasteiger partial charge on any atom is -0.497 e. The summed E-state index contributed by atoms with van der Waals surface area (Å²) in [4.78, 5) is 27.0. The van der Waals surface area contributed by atoms with Gasteiger partial charge in [-0.05, 0) is 73.2 Å². The van der Waals surface area contributed by atoms with Gasteiger partial charge in [-0.2, -0.15) is 5.10 Å². The molecular formula is C30H28FN5O5. The Kier molecular flexibility index (Phi) is 7.59. The van der Waals surface area contributed by atoms with Gasteiger partial charge in [0.2, 0.25) is 0 Å². The fourth-order valence-corrected chi connectivity index (χ4v) is 4.65. The molecule has 0 bridgehead atoms. The van der Waals surface area contributed by atoms with Crippen molar-refractivity contribution in [2.45, 2.75) is 13.0 Å². The molecule has 0 saturated heterocycles. The molecule has 0 saturated carbocycles. The normalized spacial score (nSPS) is 14.0. The zero-order valence-electron chi connectivity index (χ0n) is 22.8. The number of allylic oxidation sites excluding steroid dienone is 1. The first-order valence-corrected chi connectivity index (χ1v) is 12.6. The number of nitrogens with zero attached hydrogens (tertiary/aromatic N) is 2. The van der Waals surface area contributed by atoms with E-state index in [0.29, 0.717) is 51.3 Å². The maximum Gasteiger partial charge on any atom is 0.261 e. The smallest absolute Gasteiger partial charge is 0.261 e. The summed E-state index contributed by atoms with van der Waals surface area (Å²) in [5, 5.41) is 13.4. The standard InChI is InChI=1S/C30H28FN5O5/c1-17-26(30(38)35-21-10-12-22(39-2)13-11-21)27(18-5-14-24(40-3)25(15-18)41-4)36-28(33-17)23(16-32-36)29(37)34-20-8-6-19(31)7-9-20/h5-16,27,33H,1-4H3,(H,34,37)(H,35,38)/t27-/m0/s1. The van der Waals surface area contributed by atoms with Crippen molar-refractivity contribution in [2.24, 2.45) is 0 Å². The number of carbonyl (C=O) groups is 2. The number of methoxy groups -OCH3 is 3. The molecule has 0 radical (unpaired) electrons. The number of anilines is 3. The first kappa shape index (κ1) is 27.3. The maximum atomic E-state index is 13.8. The number of rotatable bonds is 8. The third-order valence-corrected chi connectivity index (χ3v) is 6.69. The molecule has 1 aromatic heterocycles. The summed E-state index contributed by atoms with van der Waals surface area (Å²) in [6.45, 7) is 1.76. The van der Waals surface area contributed by atoms with Crippen molar-refractivity contribution in [2.75, 3.05) is 37.3 Å². The Balaban J connectivity index is 1.55. The van der Waals surface area contributed by atoms with Crippen LogP contribution in [0.5, 0.6) is 17.2 Å². The fourth-order valence-electron chi connectivity index (χ4n) is 4.65. The molecule has 11 heteroatoms. The number of benzene rings is 3. The van der Waals surface area contributed by atoms with E-state index in [0.717, 1.165) is 0 Å². The number of ether oxygens (including phenoxy) is 3. The lowest BCUT2D eigenvalue weighted by molar-refractivity contribution is -0.113. The van der Waals surface area contributed by atoms with Crippen LogP contribution in [0.15, 0.2) is 84.2 Å². The molecule has 4 aromatic rings. The highest BCUT2D eigenvalue weighted by Crippen LogP contribution is 2.40. The molecule has 10 nitrogen and oxygen atoms in total. The molecule has 2 amide bonds. The third-order valence-electron chi connectivity index (χ3n) is 6.69. The van der Waals surface area contributed by atoms with Crippen molar-refractivity contribution >= 4 is 29.0 Å². The lowest BCUT2D eigenvalue weighted by Gasteiger charge is -2.30. The number of fused-ring (bicyclic) bond motifs is 1. The van der Waals surface area contributed by atoms with E-state index in [1.54, 1.807) is 55.1 Å². The number of hydrogen-bond acceptors (Lipinski definition) is 7. The van der Waals surface area contributed by atoms with Crippen LogP contribution in [0.4, 0.5) is 21.6 Å². The molecule has 1 atom stereocenters. The number of nitrogens with one attached hydrogen (secondary N) is 3. The van der Waals surface area contributed by atoms with Gasteiger partial charge in [-0.3, -0.25) is 9.59 Å². The highest BCUT2D eigenvalue weighted by molar-refractivity contribution is 6.09. The van der Waals surface area contributed by atoms with Crippen LogP contribution in [0.25, 0.3) is 0 Å². The van der Waals surface area contributed by atoms with E-state index >= 15 is 0 Å². The van der Waals surface area contributed by atoms with Crippen LogP contribution in [-0.2, 0) is 4.79 Å². The van der Waals surface area contributed by atoms with Gasteiger partial charge in [0.15, 0.2) is 11.5 Å². The Morgan fingerprint density at radius 2 is 1.49 bits per heavy atom. The van der Waals surface area contributed by atoms with E-state index in [4.69, 9.17) is 14.2 Å². The zero-order chi connectivity index (χ0) is 29.1. The summed E-state index contributed by atoms with van der Waals surface area (Å²) in [5.41, 5.74) is 2.84. The predicted molar refractivity (Wildman–Crippen MR) is 152 cm³/mol. The summed E-state index contributed by atoms with van der Waals surface area (Å²) in [6, 6.07) is 17.0. The summed E-state index contributed by atoms with van der Waals surface area (Å²) in [5.74, 6) is 0.825. The van der Waals surface area contributed by atoms with Crippen LogP contribution < -0.4 is 30.2 Å². The maximum absolute atomic E-state index is 13.8. The van der Waals surface area contributed by atoms with Crippen LogP contribution in [-0.4, -0.2) is 42.9 Å². The van der Waals surface area contributed by atoms with E-state index in [1.807, 2.05) is 6.07 Å². The van der Waals surface area contributed by atoms with Gasteiger partial charge >= 0.3 is 0 Å². The van der Waals surface area contributed by atoms with E-state index in [2.05, 4.69) is 21.0 Å². The van der Waals surface area contributed by atoms with Crippen LogP contribution in [0.2, 0.25) is 0 Å². The molecule has 3 aromatic carbocycles. The van der Waals surface area contributed by atoms with Crippen LogP contribution in [0.3, 0.4) is 0 Å². The summed E-state index contributed by atoms with van der Waals surface area (Å²) in [7, 11) is 4.64. The second kappa shape index (κ2) is 11.4. The summed E-state index contributed by atoms with van der Waals surface area (Å²) >= 11 is 0. The van der Waals surface area contributed by atoms with Gasteiger partial charge in [0.05, 0.1) is 33.1 Å². The molecule has 1 aliphatic rings. The van der Waals surface area contributed by atoms with Gasteiger partial charge in [0, 0.05) is 17.1 Å². The molecule has 3 N–H and O–H groups in total. The average Bonchev–Trinajstić information content (AvgIpc) is 3.41. The molecule has 0 spiro atoms. The Morgan fingerprint density at radius 1 is 0.854 bits per heavy atom. The first-order valence-electron chi connectivity index (χ1n) is 12.6. The second-order valence-corrected chi connectivity index (χ2v) is 9.18. The van der Waals surface area contributed by atoms with Crippen molar-refractivity contribution in [1.82, 2.24) is 9.78 Å². The largest absolute Gasteiger partial charge is 0.497 e. The van der Waals surface area contributed by atoms with E-state index in [1.165, 1.54) is 44.7 Å².